The molecule has 2 heterocycles. The number of ether oxygens (including phenoxy) is 2. The zero-order valence-corrected chi connectivity index (χ0v) is 9.85. The van der Waals surface area contributed by atoms with Crippen LogP contribution in [0.3, 0.4) is 0 Å². The van der Waals surface area contributed by atoms with Crippen molar-refractivity contribution in [1.82, 2.24) is 9.55 Å². The topological polar surface area (TPSA) is 117 Å². The quantitative estimate of drug-likeness (QED) is 0.504. The van der Waals surface area contributed by atoms with Crippen molar-refractivity contribution in [2.45, 2.75) is 6.61 Å². The van der Waals surface area contributed by atoms with Gasteiger partial charge in [-0.1, -0.05) is 0 Å². The zero-order chi connectivity index (χ0) is 14.3. The Balaban J connectivity index is 2.06. The average Bonchev–Trinajstić information content (AvgIpc) is 2.80. The molecule has 2 aromatic rings. The van der Waals surface area contributed by atoms with Gasteiger partial charge in [0.2, 0.25) is 0 Å². The number of imidazole rings is 1. The lowest BCUT2D eigenvalue weighted by Crippen LogP contribution is -2.14. The van der Waals surface area contributed by atoms with Crippen molar-refractivity contribution in [3.8, 4) is 17.3 Å². The maximum Gasteiger partial charge on any atom is 0.512 e. The summed E-state index contributed by atoms with van der Waals surface area (Å²) in [4.78, 5) is 24.6. The van der Waals surface area contributed by atoms with E-state index in [4.69, 9.17) is 9.84 Å². The lowest BCUT2D eigenvalue weighted by atomic mass is 10.2. The van der Waals surface area contributed by atoms with E-state index in [-0.39, 0.29) is 18.2 Å². The van der Waals surface area contributed by atoms with Crippen LogP contribution in [0.2, 0.25) is 0 Å². The summed E-state index contributed by atoms with van der Waals surface area (Å²) < 4.78 is 11.5. The molecule has 3 rings (SSSR count). The molecule has 9 heteroatoms. The second-order valence-electron chi connectivity index (χ2n) is 3.93. The summed E-state index contributed by atoms with van der Waals surface area (Å²) in [6.07, 6.45) is -0.0955. The van der Waals surface area contributed by atoms with Gasteiger partial charge in [-0.15, -0.1) is 0 Å². The van der Waals surface area contributed by atoms with Gasteiger partial charge in [0.1, 0.15) is 18.6 Å². The maximum atomic E-state index is 10.7. The second kappa shape index (κ2) is 4.23. The van der Waals surface area contributed by atoms with E-state index in [0.717, 1.165) is 0 Å². The smallest absolute Gasteiger partial charge is 0.485 e. The van der Waals surface area contributed by atoms with Crippen molar-refractivity contribution in [3.05, 3.63) is 40.3 Å². The molecule has 0 saturated carbocycles. The number of nitrogens with zero attached hydrogens (tertiary/aromatic N) is 3. The molecule has 0 saturated heterocycles. The number of carboxylic acid groups (broad SMARTS) is 1. The van der Waals surface area contributed by atoms with Crippen LogP contribution in [0, 0.1) is 10.1 Å². The molecule has 0 radical (unpaired) electrons. The molecule has 0 spiro atoms. The average molecular weight is 277 g/mol. The number of nitro groups is 1. The van der Waals surface area contributed by atoms with Gasteiger partial charge in [0.15, 0.2) is 5.75 Å². The molecule has 1 aromatic carbocycles. The van der Waals surface area contributed by atoms with Crippen LogP contribution < -0.4 is 9.47 Å². The summed E-state index contributed by atoms with van der Waals surface area (Å²) in [6, 6.07) is 4.13. The van der Waals surface area contributed by atoms with Crippen molar-refractivity contribution in [1.29, 1.82) is 0 Å². The fourth-order valence-electron chi connectivity index (χ4n) is 1.94. The summed E-state index contributed by atoms with van der Waals surface area (Å²) in [5, 5.41) is 19.3. The first-order valence-electron chi connectivity index (χ1n) is 5.45. The first kappa shape index (κ1) is 12.0. The van der Waals surface area contributed by atoms with Crippen LogP contribution in [0.25, 0.3) is 5.69 Å². The fourth-order valence-corrected chi connectivity index (χ4v) is 1.94. The van der Waals surface area contributed by atoms with Gasteiger partial charge in [0, 0.05) is 6.07 Å². The first-order valence-corrected chi connectivity index (χ1v) is 5.45. The molecule has 0 atom stereocenters. The van der Waals surface area contributed by atoms with E-state index < -0.39 is 11.1 Å². The molecule has 1 aliphatic heterocycles. The minimum absolute atomic E-state index is 0.0107. The van der Waals surface area contributed by atoms with Gasteiger partial charge in [-0.05, 0) is 6.07 Å². The van der Waals surface area contributed by atoms with Crippen molar-refractivity contribution in [2.75, 3.05) is 0 Å². The van der Waals surface area contributed by atoms with Gasteiger partial charge < -0.3 is 14.6 Å². The van der Waals surface area contributed by atoms with Crippen molar-refractivity contribution in [2.24, 2.45) is 0 Å². The molecule has 0 bridgehead atoms. The largest absolute Gasteiger partial charge is 0.512 e. The molecular weight excluding hydrogens is 270 g/mol. The SMILES string of the molecule is O=C(O)Oc1ncn2c1COc1cc([N+](=O)[O-])ccc1-2. The number of carbonyl (C=O) groups is 1. The van der Waals surface area contributed by atoms with Crippen LogP contribution in [0.4, 0.5) is 10.5 Å². The monoisotopic (exact) mass is 277 g/mol. The first-order chi connectivity index (χ1) is 9.56. The number of aromatic nitrogens is 2. The Labute approximate surface area is 111 Å². The molecule has 20 heavy (non-hydrogen) atoms. The van der Waals surface area contributed by atoms with Crippen molar-refractivity contribution >= 4 is 11.8 Å². The molecule has 1 N–H and O–H groups in total. The maximum absolute atomic E-state index is 10.7. The highest BCUT2D eigenvalue weighted by atomic mass is 16.7. The Morgan fingerprint density at radius 3 is 3.05 bits per heavy atom. The number of fused-ring (bicyclic) bond motifs is 3. The van der Waals surface area contributed by atoms with Gasteiger partial charge in [-0.2, -0.15) is 0 Å². The molecule has 0 unspecified atom stereocenters. The van der Waals surface area contributed by atoms with E-state index in [1.165, 1.54) is 24.5 Å². The Morgan fingerprint density at radius 1 is 1.55 bits per heavy atom. The molecule has 0 amide bonds. The number of hydrogen-bond acceptors (Lipinski definition) is 6. The predicted molar refractivity (Wildman–Crippen MR) is 63.2 cm³/mol. The van der Waals surface area contributed by atoms with Crippen LogP contribution in [0.1, 0.15) is 5.69 Å². The van der Waals surface area contributed by atoms with Gasteiger partial charge in [-0.3, -0.25) is 14.7 Å². The Morgan fingerprint density at radius 2 is 2.35 bits per heavy atom. The van der Waals surface area contributed by atoms with Crippen LogP contribution in [-0.2, 0) is 6.61 Å². The van der Waals surface area contributed by atoms with E-state index in [1.54, 1.807) is 4.57 Å². The van der Waals surface area contributed by atoms with Gasteiger partial charge in [-0.25, -0.2) is 9.78 Å². The molecule has 9 nitrogen and oxygen atoms in total. The number of non-ortho nitro benzene ring substituents is 1. The Hall–Kier alpha value is -3.10. The Bertz CT molecular complexity index is 723. The van der Waals surface area contributed by atoms with Crippen LogP contribution in [-0.4, -0.2) is 25.7 Å². The number of hydrogen-bond donors (Lipinski definition) is 1. The summed E-state index contributed by atoms with van der Waals surface area (Å²) in [7, 11) is 0. The standard InChI is InChI=1S/C11H7N3O6/c15-11(16)20-10-8-4-19-9-3-6(14(17)18)1-2-7(9)13(8)5-12-10/h1-3,5H,4H2,(H,15,16). The van der Waals surface area contributed by atoms with E-state index in [1.807, 2.05) is 0 Å². The van der Waals surface area contributed by atoms with E-state index in [9.17, 15) is 14.9 Å². The Kier molecular flexibility index (Phi) is 2.53. The molecule has 1 aromatic heterocycles. The predicted octanol–water partition coefficient (Wildman–Crippen LogP) is 1.73. The van der Waals surface area contributed by atoms with Gasteiger partial charge >= 0.3 is 6.16 Å². The summed E-state index contributed by atoms with van der Waals surface area (Å²) in [6.45, 7) is 0.0107. The van der Waals surface area contributed by atoms with Crippen molar-refractivity contribution in [3.63, 3.8) is 0 Å². The highest BCUT2D eigenvalue weighted by Crippen LogP contribution is 2.35. The lowest BCUT2D eigenvalue weighted by Gasteiger charge is -2.19. The number of rotatable bonds is 2. The van der Waals surface area contributed by atoms with Crippen LogP contribution in [0.5, 0.6) is 11.6 Å². The number of benzene rings is 1. The van der Waals surface area contributed by atoms with Crippen LogP contribution in [0.15, 0.2) is 24.5 Å². The van der Waals surface area contributed by atoms with Gasteiger partial charge in [0.25, 0.3) is 11.6 Å². The molecule has 1 aliphatic rings. The molecule has 0 fully saturated rings. The van der Waals surface area contributed by atoms with Crippen LogP contribution >= 0.6 is 0 Å². The van der Waals surface area contributed by atoms with Gasteiger partial charge in [0.05, 0.1) is 16.7 Å². The third-order valence-corrected chi connectivity index (χ3v) is 2.79. The molecular formula is C11H7N3O6. The number of nitro benzene ring substituents is 1. The van der Waals surface area contributed by atoms with E-state index in [2.05, 4.69) is 9.72 Å². The third-order valence-electron chi connectivity index (χ3n) is 2.79. The highest BCUT2D eigenvalue weighted by molar-refractivity contribution is 5.62. The zero-order valence-electron chi connectivity index (χ0n) is 9.85. The summed E-state index contributed by atoms with van der Waals surface area (Å²) in [5.74, 6) is 0.257. The summed E-state index contributed by atoms with van der Waals surface area (Å²) >= 11 is 0. The van der Waals surface area contributed by atoms with Crippen molar-refractivity contribution < 1.29 is 24.3 Å². The minimum atomic E-state index is -1.47. The fraction of sp³-hybridized carbons (Fsp3) is 0.0909. The molecule has 102 valence electrons. The second-order valence-corrected chi connectivity index (χ2v) is 3.93. The summed E-state index contributed by atoms with van der Waals surface area (Å²) in [5.41, 5.74) is 0.868. The normalized spacial score (nSPS) is 12.0. The lowest BCUT2D eigenvalue weighted by molar-refractivity contribution is -0.384. The minimum Gasteiger partial charge on any atom is -0.485 e. The highest BCUT2D eigenvalue weighted by Gasteiger charge is 2.25. The van der Waals surface area contributed by atoms with E-state index >= 15 is 0 Å². The third kappa shape index (κ3) is 1.81. The van der Waals surface area contributed by atoms with E-state index in [0.29, 0.717) is 17.1 Å². The molecule has 0 aliphatic carbocycles.